The van der Waals surface area contributed by atoms with E-state index in [0.717, 1.165) is 23.0 Å². The van der Waals surface area contributed by atoms with E-state index in [1.165, 1.54) is 16.0 Å². The van der Waals surface area contributed by atoms with Gasteiger partial charge in [-0.15, -0.1) is 11.3 Å². The molecule has 0 radical (unpaired) electrons. The lowest BCUT2D eigenvalue weighted by molar-refractivity contribution is 0.0672. The molecule has 0 aromatic carbocycles. The average molecular weight is 390 g/mol. The number of hydrogen-bond acceptors (Lipinski definition) is 3. The number of pyridine rings is 1. The molecule has 23 heavy (non-hydrogen) atoms. The summed E-state index contributed by atoms with van der Waals surface area (Å²) in [4.78, 5) is 16.3. The van der Waals surface area contributed by atoms with E-state index in [0.29, 0.717) is 5.69 Å². The monoisotopic (exact) mass is 389 g/mol. The molecule has 1 amide bonds. The minimum absolute atomic E-state index is 0.00794. The third-order valence-electron chi connectivity index (χ3n) is 4.47. The molecule has 0 fully saturated rings. The zero-order valence-corrected chi connectivity index (χ0v) is 15.3. The number of rotatable bonds is 1. The van der Waals surface area contributed by atoms with Crippen molar-refractivity contribution >= 4 is 38.7 Å². The van der Waals surface area contributed by atoms with E-state index < -0.39 is 0 Å². The van der Waals surface area contributed by atoms with Gasteiger partial charge in [-0.3, -0.25) is 4.79 Å². The molecule has 1 aliphatic heterocycles. The maximum absolute atomic E-state index is 12.9. The third kappa shape index (κ3) is 2.40. The predicted octanol–water partition coefficient (Wildman–Crippen LogP) is 4.23. The second-order valence-corrected chi connectivity index (χ2v) is 7.81. The number of halogens is 1. The van der Waals surface area contributed by atoms with Crippen molar-refractivity contribution in [1.29, 1.82) is 0 Å². The van der Waals surface area contributed by atoms with Gasteiger partial charge in [-0.2, -0.15) is 5.10 Å². The Kier molecular flexibility index (Phi) is 3.54. The van der Waals surface area contributed by atoms with Gasteiger partial charge in [0.25, 0.3) is 5.91 Å². The predicted molar refractivity (Wildman–Crippen MR) is 95.1 cm³/mol. The molecule has 0 aliphatic carbocycles. The van der Waals surface area contributed by atoms with Crippen LogP contribution in [-0.2, 0) is 6.42 Å². The minimum Gasteiger partial charge on any atom is -0.330 e. The normalized spacial score (nSPS) is 17.5. The number of carbonyl (C=O) groups excluding carboxylic acids is 1. The topological polar surface area (TPSA) is 37.6 Å². The zero-order chi connectivity index (χ0) is 16.1. The molecule has 0 spiro atoms. The van der Waals surface area contributed by atoms with Crippen LogP contribution in [0.25, 0.3) is 5.52 Å². The van der Waals surface area contributed by atoms with Gasteiger partial charge in [-0.05, 0) is 70.9 Å². The van der Waals surface area contributed by atoms with Gasteiger partial charge in [0.05, 0.1) is 11.6 Å². The first-order chi connectivity index (χ1) is 11.0. The smallest absolute Gasteiger partial charge is 0.274 e. The van der Waals surface area contributed by atoms with Gasteiger partial charge in [0.2, 0.25) is 0 Å². The van der Waals surface area contributed by atoms with Gasteiger partial charge < -0.3 is 4.90 Å². The molecule has 1 aliphatic rings. The van der Waals surface area contributed by atoms with Gasteiger partial charge in [-0.1, -0.05) is 0 Å². The summed E-state index contributed by atoms with van der Waals surface area (Å²) in [6.45, 7) is 4.99. The van der Waals surface area contributed by atoms with E-state index in [1.54, 1.807) is 4.52 Å². The molecule has 0 bridgehead atoms. The van der Waals surface area contributed by atoms with Crippen molar-refractivity contribution in [1.82, 2.24) is 14.5 Å². The summed E-state index contributed by atoms with van der Waals surface area (Å²) in [7, 11) is 0. The van der Waals surface area contributed by atoms with Crippen LogP contribution in [0.4, 0.5) is 0 Å². The lowest BCUT2D eigenvalue weighted by Crippen LogP contribution is -2.38. The Bertz CT molecular complexity index is 914. The van der Waals surface area contributed by atoms with Crippen LogP contribution in [0, 0.1) is 6.92 Å². The van der Waals surface area contributed by atoms with Crippen molar-refractivity contribution in [3.63, 3.8) is 0 Å². The molecule has 0 saturated carbocycles. The van der Waals surface area contributed by atoms with E-state index in [9.17, 15) is 4.79 Å². The van der Waals surface area contributed by atoms with Crippen molar-refractivity contribution < 1.29 is 4.79 Å². The number of carbonyl (C=O) groups is 1. The Balaban J connectivity index is 1.69. The maximum Gasteiger partial charge on any atom is 0.274 e. The quantitative estimate of drug-likeness (QED) is 0.624. The minimum atomic E-state index is 0.00794. The van der Waals surface area contributed by atoms with E-state index >= 15 is 0 Å². The second-order valence-electron chi connectivity index (χ2n) is 5.93. The first-order valence-corrected chi connectivity index (χ1v) is 9.24. The van der Waals surface area contributed by atoms with Gasteiger partial charge >= 0.3 is 0 Å². The van der Waals surface area contributed by atoms with E-state index in [-0.39, 0.29) is 11.9 Å². The van der Waals surface area contributed by atoms with Gasteiger partial charge in [-0.25, -0.2) is 4.52 Å². The van der Waals surface area contributed by atoms with Crippen LogP contribution in [0.3, 0.4) is 0 Å². The molecule has 1 unspecified atom stereocenters. The molecule has 4 rings (SSSR count). The van der Waals surface area contributed by atoms with Crippen molar-refractivity contribution in [2.24, 2.45) is 0 Å². The molecular weight excluding hydrogens is 374 g/mol. The van der Waals surface area contributed by atoms with E-state index in [2.05, 4.69) is 40.3 Å². The van der Waals surface area contributed by atoms with Crippen LogP contribution < -0.4 is 0 Å². The second kappa shape index (κ2) is 5.46. The average Bonchev–Trinajstić information content (AvgIpc) is 3.11. The Labute approximate surface area is 146 Å². The van der Waals surface area contributed by atoms with Crippen LogP contribution in [0.1, 0.15) is 39.5 Å². The third-order valence-corrected chi connectivity index (χ3v) is 6.12. The Morgan fingerprint density at radius 1 is 1.43 bits per heavy atom. The standard InChI is InChI=1S/C17H16BrN3OS/c1-10-9-23-15-5-6-20(11(2)16(10)15)17(22)14-7-13-4-3-12(18)8-21(13)19-14/h3-4,7-9,11H,5-6H2,1-2H3. The summed E-state index contributed by atoms with van der Waals surface area (Å²) < 4.78 is 2.68. The largest absolute Gasteiger partial charge is 0.330 e. The molecule has 0 saturated heterocycles. The molecule has 6 heteroatoms. The van der Waals surface area contributed by atoms with E-state index in [1.807, 2.05) is 40.6 Å². The highest BCUT2D eigenvalue weighted by atomic mass is 79.9. The van der Waals surface area contributed by atoms with Gasteiger partial charge in [0.15, 0.2) is 5.69 Å². The number of hydrogen-bond donors (Lipinski definition) is 0. The number of aryl methyl sites for hydroxylation is 1. The highest BCUT2D eigenvalue weighted by molar-refractivity contribution is 9.10. The van der Waals surface area contributed by atoms with Crippen LogP contribution in [0.15, 0.2) is 34.2 Å². The van der Waals surface area contributed by atoms with Crippen LogP contribution in [-0.4, -0.2) is 27.0 Å². The van der Waals surface area contributed by atoms with Crippen molar-refractivity contribution in [2.45, 2.75) is 26.3 Å². The summed E-state index contributed by atoms with van der Waals surface area (Å²) in [6.07, 6.45) is 2.80. The summed E-state index contributed by atoms with van der Waals surface area (Å²) in [5.41, 5.74) is 4.04. The SMILES string of the molecule is Cc1csc2c1C(C)N(C(=O)c1cc3ccc(Br)cn3n1)CC2. The lowest BCUT2D eigenvalue weighted by atomic mass is 9.97. The van der Waals surface area contributed by atoms with Crippen LogP contribution in [0.2, 0.25) is 0 Å². The summed E-state index contributed by atoms with van der Waals surface area (Å²) in [5.74, 6) is 0.00794. The number of aromatic nitrogens is 2. The number of amides is 1. The number of thiophene rings is 1. The Hall–Kier alpha value is -1.66. The number of nitrogens with zero attached hydrogens (tertiary/aromatic N) is 3. The molecule has 4 nitrogen and oxygen atoms in total. The first-order valence-electron chi connectivity index (χ1n) is 7.57. The summed E-state index contributed by atoms with van der Waals surface area (Å²) >= 11 is 5.24. The fourth-order valence-electron chi connectivity index (χ4n) is 3.32. The Morgan fingerprint density at radius 2 is 2.26 bits per heavy atom. The molecule has 3 aromatic heterocycles. The lowest BCUT2D eigenvalue weighted by Gasteiger charge is -2.33. The van der Waals surface area contributed by atoms with Crippen molar-refractivity contribution in [2.75, 3.05) is 6.54 Å². The van der Waals surface area contributed by atoms with Gasteiger partial charge in [0.1, 0.15) is 0 Å². The fourth-order valence-corrected chi connectivity index (χ4v) is 4.76. The van der Waals surface area contributed by atoms with Gasteiger partial charge in [0, 0.05) is 22.1 Å². The highest BCUT2D eigenvalue weighted by Gasteiger charge is 2.31. The zero-order valence-electron chi connectivity index (χ0n) is 12.9. The molecule has 3 aromatic rings. The Morgan fingerprint density at radius 3 is 3.09 bits per heavy atom. The fraction of sp³-hybridized carbons (Fsp3) is 0.294. The molecule has 1 atom stereocenters. The molecule has 118 valence electrons. The summed E-state index contributed by atoms with van der Waals surface area (Å²) in [5, 5.41) is 6.64. The van der Waals surface area contributed by atoms with E-state index in [4.69, 9.17) is 0 Å². The molecule has 4 heterocycles. The number of fused-ring (bicyclic) bond motifs is 2. The first kappa shape index (κ1) is 14.9. The molecular formula is C17H16BrN3OS. The van der Waals surface area contributed by atoms with Crippen molar-refractivity contribution in [3.05, 3.63) is 55.9 Å². The molecule has 0 N–H and O–H groups in total. The van der Waals surface area contributed by atoms with Crippen LogP contribution >= 0.6 is 27.3 Å². The summed E-state index contributed by atoms with van der Waals surface area (Å²) in [6, 6.07) is 5.87. The van der Waals surface area contributed by atoms with Crippen LogP contribution in [0.5, 0.6) is 0 Å². The maximum atomic E-state index is 12.9. The van der Waals surface area contributed by atoms with Crippen molar-refractivity contribution in [3.8, 4) is 0 Å². The highest BCUT2D eigenvalue weighted by Crippen LogP contribution is 2.36.